The minimum absolute atomic E-state index is 0.0342. The maximum Gasteiger partial charge on any atom is 0.317 e. The summed E-state index contributed by atoms with van der Waals surface area (Å²) in [5.74, 6) is -1.60. The van der Waals surface area contributed by atoms with Crippen LogP contribution in [0.1, 0.15) is 15.9 Å². The average Bonchev–Trinajstić information content (AvgIpc) is 2.86. The molecule has 2 aliphatic heterocycles. The quantitative estimate of drug-likeness (QED) is 0.634. The highest BCUT2D eigenvalue weighted by Gasteiger charge is 2.33. The number of amides is 2. The minimum Gasteiger partial charge on any atom is -0.480 e. The molecule has 146 valence electrons. The number of hydrogen-bond donors (Lipinski definition) is 2. The molecule has 1 aromatic rings. The molecule has 2 amide bonds. The number of carbonyl (C=O) groups is 3. The Hall–Kier alpha value is -2.50. The molecule has 0 aliphatic carbocycles. The second-order valence-corrected chi connectivity index (χ2v) is 8.13. The van der Waals surface area contributed by atoms with E-state index in [1.165, 1.54) is 0 Å². The summed E-state index contributed by atoms with van der Waals surface area (Å²) in [6.45, 7) is 1.70. The number of rotatable bonds is 5. The Morgan fingerprint density at radius 2 is 1.70 bits per heavy atom. The first-order chi connectivity index (χ1) is 12.7. The monoisotopic (exact) mass is 396 g/mol. The fraction of sp³-hybridized carbons (Fsp3) is 0.438. The van der Waals surface area contributed by atoms with Crippen molar-refractivity contribution in [3.05, 3.63) is 35.4 Å². The van der Waals surface area contributed by atoms with E-state index < -0.39 is 22.1 Å². The number of nitrogens with zero attached hydrogens (tertiary/aromatic N) is 3. The first kappa shape index (κ1) is 19.3. The predicted molar refractivity (Wildman–Crippen MR) is 93.9 cm³/mol. The molecule has 2 heterocycles. The van der Waals surface area contributed by atoms with Crippen molar-refractivity contribution in [2.24, 2.45) is 0 Å². The van der Waals surface area contributed by atoms with Gasteiger partial charge in [0.15, 0.2) is 0 Å². The smallest absolute Gasteiger partial charge is 0.317 e. The highest BCUT2D eigenvalue weighted by Crippen LogP contribution is 2.15. The number of carboxylic acids is 1. The first-order valence-corrected chi connectivity index (χ1v) is 9.82. The van der Waals surface area contributed by atoms with E-state index in [2.05, 4.69) is 0 Å². The highest BCUT2D eigenvalue weighted by molar-refractivity contribution is 7.88. The SMILES string of the molecule is O=C(O)CN1CCN(C(=O)c2ccc(CN3CC(=O)NS3(=O)=O)cc2)CC1. The zero-order valence-corrected chi connectivity index (χ0v) is 15.3. The summed E-state index contributed by atoms with van der Waals surface area (Å²) in [6.07, 6.45) is 0. The van der Waals surface area contributed by atoms with E-state index in [0.717, 1.165) is 4.31 Å². The van der Waals surface area contributed by atoms with Gasteiger partial charge in [0.25, 0.3) is 5.91 Å². The molecule has 0 saturated carbocycles. The van der Waals surface area contributed by atoms with E-state index in [1.54, 1.807) is 34.1 Å². The van der Waals surface area contributed by atoms with Crippen molar-refractivity contribution in [2.75, 3.05) is 39.3 Å². The van der Waals surface area contributed by atoms with Gasteiger partial charge in [-0.3, -0.25) is 19.3 Å². The molecule has 10 nitrogen and oxygen atoms in total. The van der Waals surface area contributed by atoms with E-state index in [0.29, 0.717) is 37.3 Å². The lowest BCUT2D eigenvalue weighted by Crippen LogP contribution is -2.49. The maximum absolute atomic E-state index is 12.6. The van der Waals surface area contributed by atoms with Crippen LogP contribution in [-0.4, -0.2) is 84.7 Å². The molecule has 0 bridgehead atoms. The van der Waals surface area contributed by atoms with E-state index in [-0.39, 0.29) is 25.5 Å². The topological polar surface area (TPSA) is 127 Å². The molecular formula is C16H20N4O6S. The van der Waals surface area contributed by atoms with Crippen LogP contribution in [0.4, 0.5) is 0 Å². The molecular weight excluding hydrogens is 376 g/mol. The van der Waals surface area contributed by atoms with Crippen molar-refractivity contribution in [2.45, 2.75) is 6.54 Å². The maximum atomic E-state index is 12.6. The van der Waals surface area contributed by atoms with Crippen LogP contribution >= 0.6 is 0 Å². The van der Waals surface area contributed by atoms with Gasteiger partial charge in [0.1, 0.15) is 0 Å². The van der Waals surface area contributed by atoms with Crippen LogP contribution in [0.5, 0.6) is 0 Å². The summed E-state index contributed by atoms with van der Waals surface area (Å²) in [6, 6.07) is 6.57. The van der Waals surface area contributed by atoms with Crippen LogP contribution in [-0.2, 0) is 26.3 Å². The van der Waals surface area contributed by atoms with Crippen molar-refractivity contribution >= 4 is 28.0 Å². The van der Waals surface area contributed by atoms with Crippen LogP contribution in [0.25, 0.3) is 0 Å². The zero-order chi connectivity index (χ0) is 19.6. The lowest BCUT2D eigenvalue weighted by Gasteiger charge is -2.33. The molecule has 27 heavy (non-hydrogen) atoms. The van der Waals surface area contributed by atoms with E-state index in [9.17, 15) is 22.8 Å². The van der Waals surface area contributed by atoms with Gasteiger partial charge in [0, 0.05) is 38.3 Å². The van der Waals surface area contributed by atoms with Gasteiger partial charge >= 0.3 is 16.2 Å². The average molecular weight is 396 g/mol. The van der Waals surface area contributed by atoms with Gasteiger partial charge in [-0.1, -0.05) is 12.1 Å². The Kier molecular flexibility index (Phi) is 5.44. The second kappa shape index (κ2) is 7.62. The number of hydrogen-bond acceptors (Lipinski definition) is 6. The summed E-state index contributed by atoms with van der Waals surface area (Å²) in [5.41, 5.74) is 1.14. The van der Waals surface area contributed by atoms with Gasteiger partial charge in [-0.25, -0.2) is 4.72 Å². The Balaban J connectivity index is 1.58. The molecule has 2 saturated heterocycles. The largest absolute Gasteiger partial charge is 0.480 e. The third-order valence-electron chi connectivity index (χ3n) is 4.48. The number of benzene rings is 1. The van der Waals surface area contributed by atoms with Gasteiger partial charge in [-0.05, 0) is 17.7 Å². The van der Waals surface area contributed by atoms with Crippen LogP contribution in [0.15, 0.2) is 24.3 Å². The third-order valence-corrected chi connectivity index (χ3v) is 5.90. The van der Waals surface area contributed by atoms with E-state index in [4.69, 9.17) is 5.11 Å². The molecule has 11 heteroatoms. The fourth-order valence-electron chi connectivity index (χ4n) is 3.07. The van der Waals surface area contributed by atoms with Crippen molar-refractivity contribution in [1.29, 1.82) is 0 Å². The first-order valence-electron chi connectivity index (χ1n) is 8.38. The normalized spacial score (nSPS) is 20.4. The zero-order valence-electron chi connectivity index (χ0n) is 14.5. The highest BCUT2D eigenvalue weighted by atomic mass is 32.2. The van der Waals surface area contributed by atoms with Gasteiger partial charge < -0.3 is 10.0 Å². The Labute approximate surface area is 156 Å². The van der Waals surface area contributed by atoms with Crippen LogP contribution in [0.3, 0.4) is 0 Å². The molecule has 2 fully saturated rings. The molecule has 0 unspecified atom stereocenters. The van der Waals surface area contributed by atoms with Gasteiger partial charge in [-0.15, -0.1) is 0 Å². The Morgan fingerprint density at radius 3 is 2.22 bits per heavy atom. The summed E-state index contributed by atoms with van der Waals surface area (Å²) >= 11 is 0. The standard InChI is InChI=1S/C16H20N4O6S/c21-14-10-20(27(25,26)17-14)9-12-1-3-13(4-2-12)16(24)19-7-5-18(6-8-19)11-15(22)23/h1-4H,5-11H2,(H,17,21)(H,22,23). The Morgan fingerprint density at radius 1 is 1.07 bits per heavy atom. The summed E-state index contributed by atoms with van der Waals surface area (Å²) < 4.78 is 26.4. The minimum atomic E-state index is -3.78. The van der Waals surface area contributed by atoms with Crippen molar-refractivity contribution in [3.63, 3.8) is 0 Å². The number of piperazine rings is 1. The molecule has 2 N–H and O–H groups in total. The van der Waals surface area contributed by atoms with Crippen molar-refractivity contribution in [1.82, 2.24) is 18.8 Å². The van der Waals surface area contributed by atoms with E-state index >= 15 is 0 Å². The predicted octanol–water partition coefficient (Wildman–Crippen LogP) is -1.29. The van der Waals surface area contributed by atoms with Crippen molar-refractivity contribution < 1.29 is 27.9 Å². The number of carbonyl (C=O) groups excluding carboxylic acids is 2. The fourth-order valence-corrected chi connectivity index (χ4v) is 4.15. The Bertz CT molecular complexity index is 846. The molecule has 3 rings (SSSR count). The molecule has 0 radical (unpaired) electrons. The van der Waals surface area contributed by atoms with E-state index in [1.807, 2.05) is 4.72 Å². The van der Waals surface area contributed by atoms with Crippen molar-refractivity contribution in [3.8, 4) is 0 Å². The number of carboxylic acid groups (broad SMARTS) is 1. The van der Waals surface area contributed by atoms with Gasteiger partial charge in [-0.2, -0.15) is 12.7 Å². The lowest BCUT2D eigenvalue weighted by molar-refractivity contribution is -0.138. The van der Waals surface area contributed by atoms with Crippen LogP contribution in [0, 0.1) is 0 Å². The van der Waals surface area contributed by atoms with Crippen LogP contribution in [0.2, 0.25) is 0 Å². The third kappa shape index (κ3) is 4.62. The van der Waals surface area contributed by atoms with Gasteiger partial charge in [0.05, 0.1) is 13.1 Å². The summed E-state index contributed by atoms with van der Waals surface area (Å²) in [5, 5.41) is 8.81. The lowest BCUT2D eigenvalue weighted by atomic mass is 10.1. The van der Waals surface area contributed by atoms with Crippen LogP contribution < -0.4 is 4.72 Å². The molecule has 0 aromatic heterocycles. The van der Waals surface area contributed by atoms with Gasteiger partial charge in [0.2, 0.25) is 5.91 Å². The molecule has 2 aliphatic rings. The molecule has 0 atom stereocenters. The number of aliphatic carboxylic acids is 1. The summed E-state index contributed by atoms with van der Waals surface area (Å²) in [4.78, 5) is 38.0. The number of nitrogens with one attached hydrogen (secondary N) is 1. The molecule has 0 spiro atoms. The molecule has 1 aromatic carbocycles. The summed E-state index contributed by atoms with van der Waals surface area (Å²) in [7, 11) is -3.78. The second-order valence-electron chi connectivity index (χ2n) is 6.46.